The van der Waals surface area contributed by atoms with Gasteiger partial charge in [0, 0.05) is 45.7 Å². The summed E-state index contributed by atoms with van der Waals surface area (Å²) in [6.45, 7) is 6.44. The Morgan fingerprint density at radius 1 is 0.512 bits per heavy atom. The second-order valence-corrected chi connectivity index (χ2v) is 12.0. The minimum atomic E-state index is 0.747. The molecule has 0 radical (unpaired) electrons. The molecular weight excluding hydrogens is 528 g/mol. The van der Waals surface area contributed by atoms with Crippen LogP contribution in [0.25, 0.3) is 77.2 Å². The highest BCUT2D eigenvalue weighted by atomic mass is 16.3. The predicted octanol–water partition coefficient (Wildman–Crippen LogP) is 9.63. The van der Waals surface area contributed by atoms with E-state index >= 15 is 0 Å². The molecule has 9 rings (SSSR count). The molecule has 0 fully saturated rings. The molecule has 0 saturated heterocycles. The molecular formula is C38H30N4O. The average molecular weight is 559 g/mol. The highest BCUT2D eigenvalue weighted by molar-refractivity contribution is 6.24. The summed E-state index contributed by atoms with van der Waals surface area (Å²) in [6.07, 6.45) is 0. The number of hydrogen-bond donors (Lipinski definition) is 1. The summed E-state index contributed by atoms with van der Waals surface area (Å²) in [7, 11) is 2.10. The Morgan fingerprint density at radius 2 is 1.09 bits per heavy atom. The number of aryl methyl sites for hydroxylation is 4. The van der Waals surface area contributed by atoms with Crippen molar-refractivity contribution in [3.63, 3.8) is 0 Å². The van der Waals surface area contributed by atoms with Crippen molar-refractivity contribution in [2.45, 2.75) is 20.8 Å². The van der Waals surface area contributed by atoms with E-state index in [4.69, 9.17) is 10.2 Å². The highest BCUT2D eigenvalue weighted by Crippen LogP contribution is 2.45. The number of aromatic nitrogens is 3. The highest BCUT2D eigenvalue weighted by Gasteiger charge is 2.25. The van der Waals surface area contributed by atoms with E-state index < -0.39 is 0 Å². The fraction of sp³-hybridized carbons (Fsp3) is 0.105. The van der Waals surface area contributed by atoms with Gasteiger partial charge >= 0.3 is 0 Å². The van der Waals surface area contributed by atoms with Gasteiger partial charge in [-0.25, -0.2) is 0 Å². The summed E-state index contributed by atoms with van der Waals surface area (Å²) >= 11 is 0. The maximum atomic E-state index is 6.69. The van der Waals surface area contributed by atoms with E-state index in [2.05, 4.69) is 126 Å². The second-order valence-electron chi connectivity index (χ2n) is 12.0. The van der Waals surface area contributed by atoms with Gasteiger partial charge < -0.3 is 23.9 Å². The molecule has 4 heterocycles. The smallest absolute Gasteiger partial charge is 0.161 e. The molecule has 0 amide bonds. The molecule has 0 aliphatic rings. The summed E-state index contributed by atoms with van der Waals surface area (Å²) in [4.78, 5) is 0. The third-order valence-electron chi connectivity index (χ3n) is 9.14. The van der Waals surface area contributed by atoms with Crippen LogP contribution in [0, 0.1) is 20.8 Å². The van der Waals surface area contributed by atoms with E-state index in [1.165, 1.54) is 38.6 Å². The molecule has 0 atom stereocenters. The third-order valence-corrected chi connectivity index (χ3v) is 9.14. The first kappa shape index (κ1) is 24.2. The van der Waals surface area contributed by atoms with E-state index in [1.807, 2.05) is 12.1 Å². The minimum absolute atomic E-state index is 0.747. The van der Waals surface area contributed by atoms with Crippen LogP contribution >= 0.6 is 0 Å². The zero-order valence-electron chi connectivity index (χ0n) is 24.6. The van der Waals surface area contributed by atoms with Gasteiger partial charge in [0.05, 0.1) is 33.1 Å². The lowest BCUT2D eigenvalue weighted by Crippen LogP contribution is -1.95. The first-order chi connectivity index (χ1) is 20.9. The van der Waals surface area contributed by atoms with E-state index in [-0.39, 0.29) is 0 Å². The lowest BCUT2D eigenvalue weighted by atomic mass is 10.1. The summed E-state index contributed by atoms with van der Waals surface area (Å²) < 4.78 is 13.8. The molecule has 9 aromatic rings. The number of rotatable bonds is 2. The van der Waals surface area contributed by atoms with Gasteiger partial charge in [-0.05, 0) is 87.0 Å². The van der Waals surface area contributed by atoms with Gasteiger partial charge in [-0.1, -0.05) is 47.5 Å². The van der Waals surface area contributed by atoms with Crippen molar-refractivity contribution in [3.8, 4) is 11.4 Å². The van der Waals surface area contributed by atoms with Gasteiger partial charge in [0.1, 0.15) is 5.58 Å². The first-order valence-corrected chi connectivity index (χ1v) is 14.7. The number of fused-ring (bicyclic) bond motifs is 10. The topological polar surface area (TPSA) is 54.0 Å². The third kappa shape index (κ3) is 3.22. The normalized spacial score (nSPS) is 12.3. The van der Waals surface area contributed by atoms with E-state index in [0.29, 0.717) is 0 Å². The Hall–Kier alpha value is -5.42. The van der Waals surface area contributed by atoms with E-state index in [1.54, 1.807) is 0 Å². The number of nitrogen functional groups attached to an aromatic ring is 1. The Labute approximate surface area is 247 Å². The maximum absolute atomic E-state index is 6.69. The molecule has 208 valence electrons. The largest absolute Gasteiger partial charge is 0.454 e. The van der Waals surface area contributed by atoms with Gasteiger partial charge in [-0.3, -0.25) is 0 Å². The van der Waals surface area contributed by atoms with Crippen molar-refractivity contribution in [2.24, 2.45) is 7.05 Å². The Bertz CT molecular complexity index is 2590. The van der Waals surface area contributed by atoms with Crippen molar-refractivity contribution in [2.75, 3.05) is 5.73 Å². The van der Waals surface area contributed by atoms with Crippen molar-refractivity contribution in [1.29, 1.82) is 0 Å². The molecule has 0 aliphatic heterocycles. The van der Waals surface area contributed by atoms with Crippen molar-refractivity contribution in [3.05, 3.63) is 114 Å². The maximum Gasteiger partial charge on any atom is 0.161 e. The van der Waals surface area contributed by atoms with Crippen LogP contribution in [0.4, 0.5) is 5.69 Å². The molecule has 0 unspecified atom stereocenters. The molecule has 43 heavy (non-hydrogen) atoms. The van der Waals surface area contributed by atoms with E-state index in [0.717, 1.165) is 60.9 Å². The van der Waals surface area contributed by atoms with E-state index in [9.17, 15) is 0 Å². The van der Waals surface area contributed by atoms with Crippen LogP contribution in [0.5, 0.6) is 0 Å². The number of anilines is 1. The van der Waals surface area contributed by atoms with Crippen molar-refractivity contribution < 1.29 is 4.42 Å². The number of benzene rings is 5. The standard InChI is InChI=1S/C38H30N4O/c1-21-5-11-25(12-6-21)41-32-17-23(3)9-15-27(32)35-36(41)29-20-34-30(19-33(29)42(35)26-13-7-22(2)8-14-26)37-38(43-34)28-16-10-24(39)18-31(28)40(37)4/h5-20H,39H2,1-4H3. The lowest BCUT2D eigenvalue weighted by molar-refractivity contribution is 0.673. The molecule has 0 saturated carbocycles. The van der Waals surface area contributed by atoms with Gasteiger partial charge in [0.25, 0.3) is 0 Å². The van der Waals surface area contributed by atoms with Crippen molar-refractivity contribution >= 4 is 71.5 Å². The fourth-order valence-corrected chi connectivity index (χ4v) is 7.05. The number of nitrogens with two attached hydrogens (primary N) is 1. The number of nitrogens with zero attached hydrogens (tertiary/aromatic N) is 3. The number of hydrogen-bond acceptors (Lipinski definition) is 2. The van der Waals surface area contributed by atoms with Gasteiger partial charge in [0.15, 0.2) is 5.58 Å². The lowest BCUT2D eigenvalue weighted by Gasteiger charge is -2.10. The Kier molecular flexibility index (Phi) is 4.69. The van der Waals surface area contributed by atoms with Crippen molar-refractivity contribution in [1.82, 2.24) is 13.7 Å². The van der Waals surface area contributed by atoms with Crippen LogP contribution in [0.15, 0.2) is 101 Å². The molecule has 0 bridgehead atoms. The zero-order chi connectivity index (χ0) is 29.1. The Morgan fingerprint density at radius 3 is 1.77 bits per heavy atom. The zero-order valence-corrected chi connectivity index (χ0v) is 24.6. The average Bonchev–Trinajstić information content (AvgIpc) is 3.69. The summed E-state index contributed by atoms with van der Waals surface area (Å²) in [6, 6.07) is 35.1. The summed E-state index contributed by atoms with van der Waals surface area (Å²) in [5, 5.41) is 4.55. The van der Waals surface area contributed by atoms with Crippen LogP contribution in [-0.4, -0.2) is 13.7 Å². The molecule has 0 aliphatic carbocycles. The SMILES string of the molecule is Cc1ccc(-n2c3cc(C)ccc3c3c2c2cc4oc5c6ccc(N)cc6n(C)c5c4cc2n3-c2ccc(C)cc2)cc1. The van der Waals surface area contributed by atoms with Gasteiger partial charge in [0.2, 0.25) is 0 Å². The molecule has 0 spiro atoms. The van der Waals surface area contributed by atoms with Gasteiger partial charge in [-0.15, -0.1) is 0 Å². The van der Waals surface area contributed by atoms with Crippen LogP contribution < -0.4 is 5.73 Å². The monoisotopic (exact) mass is 558 g/mol. The van der Waals surface area contributed by atoms with Crippen LogP contribution in [0.2, 0.25) is 0 Å². The number of furan rings is 1. The molecule has 2 N–H and O–H groups in total. The molecule has 5 aromatic carbocycles. The molecule has 5 heteroatoms. The summed E-state index contributed by atoms with van der Waals surface area (Å²) in [5.74, 6) is 0. The molecule has 4 aromatic heterocycles. The first-order valence-electron chi connectivity index (χ1n) is 14.7. The summed E-state index contributed by atoms with van der Waals surface area (Å²) in [5.41, 5.74) is 21.6. The quantitative estimate of drug-likeness (QED) is 0.215. The van der Waals surface area contributed by atoms with Crippen LogP contribution in [-0.2, 0) is 7.05 Å². The van der Waals surface area contributed by atoms with Crippen LogP contribution in [0.1, 0.15) is 16.7 Å². The Balaban J connectivity index is 1.52. The second kappa shape index (κ2) is 8.33. The van der Waals surface area contributed by atoms with Gasteiger partial charge in [-0.2, -0.15) is 0 Å². The fourth-order valence-electron chi connectivity index (χ4n) is 7.05. The van der Waals surface area contributed by atoms with Crippen LogP contribution in [0.3, 0.4) is 0 Å². The predicted molar refractivity (Wildman–Crippen MR) is 180 cm³/mol. The minimum Gasteiger partial charge on any atom is -0.454 e. The molecule has 5 nitrogen and oxygen atoms in total.